The van der Waals surface area contributed by atoms with Crippen LogP contribution in [0.3, 0.4) is 0 Å². The van der Waals surface area contributed by atoms with Crippen LogP contribution in [0.1, 0.15) is 33.6 Å². The van der Waals surface area contributed by atoms with Gasteiger partial charge in [0.1, 0.15) is 5.37 Å². The van der Waals surface area contributed by atoms with Gasteiger partial charge in [0, 0.05) is 11.7 Å². The summed E-state index contributed by atoms with van der Waals surface area (Å²) in [6.07, 6.45) is -0.319. The number of amides is 1. The van der Waals surface area contributed by atoms with E-state index in [-0.39, 0.29) is 23.9 Å². The SMILES string of the molecule is CC(=O)C(NC(=O)CCC(=O)O)SC(C)C. The molecule has 0 fully saturated rings. The number of carboxylic acid groups (broad SMARTS) is 1. The van der Waals surface area contributed by atoms with Crippen LogP contribution >= 0.6 is 11.8 Å². The molecule has 16 heavy (non-hydrogen) atoms. The van der Waals surface area contributed by atoms with Gasteiger partial charge in [-0.05, 0) is 6.92 Å². The van der Waals surface area contributed by atoms with E-state index in [4.69, 9.17) is 5.11 Å². The molecule has 1 unspecified atom stereocenters. The Morgan fingerprint density at radius 1 is 1.25 bits per heavy atom. The first kappa shape index (κ1) is 15.0. The third-order valence-corrected chi connectivity index (χ3v) is 2.90. The van der Waals surface area contributed by atoms with E-state index in [0.717, 1.165) is 0 Å². The van der Waals surface area contributed by atoms with Gasteiger partial charge in [-0.3, -0.25) is 14.4 Å². The quantitative estimate of drug-likeness (QED) is 0.656. The highest BCUT2D eigenvalue weighted by molar-refractivity contribution is 8.01. The molecular weight excluding hydrogens is 230 g/mol. The fourth-order valence-corrected chi connectivity index (χ4v) is 1.88. The van der Waals surface area contributed by atoms with E-state index < -0.39 is 17.3 Å². The molecule has 1 amide bonds. The lowest BCUT2D eigenvalue weighted by atomic mass is 10.3. The monoisotopic (exact) mass is 247 g/mol. The number of aliphatic carboxylic acids is 1. The van der Waals surface area contributed by atoms with Gasteiger partial charge in [-0.15, -0.1) is 11.8 Å². The van der Waals surface area contributed by atoms with E-state index in [1.54, 1.807) is 0 Å². The summed E-state index contributed by atoms with van der Waals surface area (Å²) < 4.78 is 0. The van der Waals surface area contributed by atoms with Gasteiger partial charge in [-0.1, -0.05) is 13.8 Å². The Bertz CT molecular complexity index is 278. The number of carbonyl (C=O) groups excluding carboxylic acids is 2. The summed E-state index contributed by atoms with van der Waals surface area (Å²) >= 11 is 1.34. The first-order valence-electron chi connectivity index (χ1n) is 5.00. The summed E-state index contributed by atoms with van der Waals surface area (Å²) in [5.41, 5.74) is 0. The van der Waals surface area contributed by atoms with Crippen molar-refractivity contribution in [2.45, 2.75) is 44.2 Å². The minimum Gasteiger partial charge on any atom is -0.481 e. The number of hydrogen-bond acceptors (Lipinski definition) is 4. The average Bonchev–Trinajstić information content (AvgIpc) is 2.12. The minimum absolute atomic E-state index is 0.0994. The molecule has 0 rings (SSSR count). The predicted molar refractivity (Wildman–Crippen MR) is 62.2 cm³/mol. The highest BCUT2D eigenvalue weighted by Gasteiger charge is 2.18. The Hall–Kier alpha value is -1.04. The molecule has 0 saturated heterocycles. The van der Waals surface area contributed by atoms with Crippen LogP contribution in [0.5, 0.6) is 0 Å². The Balaban J connectivity index is 4.13. The molecule has 0 aliphatic carbocycles. The third kappa shape index (κ3) is 7.28. The van der Waals surface area contributed by atoms with Crippen molar-refractivity contribution in [1.82, 2.24) is 5.32 Å². The predicted octanol–water partition coefficient (Wildman–Crippen LogP) is 1.02. The number of hydrogen-bond donors (Lipinski definition) is 2. The molecule has 0 heterocycles. The number of carbonyl (C=O) groups is 3. The van der Waals surface area contributed by atoms with Gasteiger partial charge in [0.25, 0.3) is 0 Å². The number of nitrogens with one attached hydrogen (secondary N) is 1. The largest absolute Gasteiger partial charge is 0.481 e. The second kappa shape index (κ2) is 7.27. The van der Waals surface area contributed by atoms with Gasteiger partial charge in [-0.2, -0.15) is 0 Å². The number of rotatable bonds is 7. The highest BCUT2D eigenvalue weighted by atomic mass is 32.2. The normalized spacial score (nSPS) is 12.2. The molecule has 0 aromatic rings. The van der Waals surface area contributed by atoms with E-state index >= 15 is 0 Å². The Labute approximate surface area is 99.0 Å². The number of ketones is 1. The van der Waals surface area contributed by atoms with Crippen molar-refractivity contribution < 1.29 is 19.5 Å². The van der Waals surface area contributed by atoms with E-state index in [0.29, 0.717) is 0 Å². The molecule has 2 N–H and O–H groups in total. The van der Waals surface area contributed by atoms with Crippen LogP contribution in [0.25, 0.3) is 0 Å². The molecule has 5 nitrogen and oxygen atoms in total. The van der Waals surface area contributed by atoms with Crippen LogP contribution in [-0.2, 0) is 14.4 Å². The van der Waals surface area contributed by atoms with Crippen LogP contribution < -0.4 is 5.32 Å². The van der Waals surface area contributed by atoms with Gasteiger partial charge in [-0.25, -0.2) is 0 Å². The standard InChI is InChI=1S/C10H17NO4S/c1-6(2)16-10(7(3)12)11-8(13)4-5-9(14)15/h6,10H,4-5H2,1-3H3,(H,11,13)(H,14,15). The first-order chi connectivity index (χ1) is 7.32. The summed E-state index contributed by atoms with van der Waals surface area (Å²) in [6.45, 7) is 5.24. The second-order valence-corrected chi connectivity index (χ2v) is 5.32. The van der Waals surface area contributed by atoms with Crippen LogP contribution in [0.15, 0.2) is 0 Å². The number of thioether (sulfide) groups is 1. The van der Waals surface area contributed by atoms with Crippen molar-refractivity contribution >= 4 is 29.4 Å². The fraction of sp³-hybridized carbons (Fsp3) is 0.700. The zero-order valence-electron chi connectivity index (χ0n) is 9.65. The smallest absolute Gasteiger partial charge is 0.303 e. The Morgan fingerprint density at radius 3 is 2.19 bits per heavy atom. The summed E-state index contributed by atoms with van der Waals surface area (Å²) in [6, 6.07) is 0. The molecule has 1 atom stereocenters. The minimum atomic E-state index is -1.02. The maximum atomic E-state index is 11.3. The number of Topliss-reactive ketones (excluding diaryl/α,β-unsaturated/α-hetero) is 1. The molecule has 0 aliphatic heterocycles. The molecule has 0 aliphatic rings. The van der Waals surface area contributed by atoms with Crippen molar-refractivity contribution in [3.63, 3.8) is 0 Å². The Morgan fingerprint density at radius 2 is 1.81 bits per heavy atom. The first-order valence-corrected chi connectivity index (χ1v) is 5.94. The van der Waals surface area contributed by atoms with E-state index in [2.05, 4.69) is 5.32 Å². The molecular formula is C10H17NO4S. The zero-order valence-corrected chi connectivity index (χ0v) is 10.5. The van der Waals surface area contributed by atoms with Crippen LogP contribution in [0.4, 0.5) is 0 Å². The fourth-order valence-electron chi connectivity index (χ4n) is 0.942. The van der Waals surface area contributed by atoms with Crippen molar-refractivity contribution in [3.8, 4) is 0 Å². The lowest BCUT2D eigenvalue weighted by molar-refractivity contribution is -0.138. The molecule has 6 heteroatoms. The topological polar surface area (TPSA) is 83.5 Å². The molecule has 0 aromatic carbocycles. The Kier molecular flexibility index (Phi) is 6.80. The maximum Gasteiger partial charge on any atom is 0.303 e. The average molecular weight is 247 g/mol. The summed E-state index contributed by atoms with van der Waals surface area (Å²) in [7, 11) is 0. The molecule has 92 valence electrons. The third-order valence-electron chi connectivity index (χ3n) is 1.64. The van der Waals surface area contributed by atoms with Gasteiger partial charge in [0.15, 0.2) is 5.78 Å². The molecule has 0 saturated carbocycles. The van der Waals surface area contributed by atoms with Crippen LogP contribution in [0.2, 0.25) is 0 Å². The van der Waals surface area contributed by atoms with Crippen molar-refractivity contribution in [3.05, 3.63) is 0 Å². The van der Waals surface area contributed by atoms with Gasteiger partial charge < -0.3 is 10.4 Å². The van der Waals surface area contributed by atoms with Crippen LogP contribution in [-0.4, -0.2) is 33.4 Å². The molecule has 0 aromatic heterocycles. The van der Waals surface area contributed by atoms with Gasteiger partial charge in [0.2, 0.25) is 5.91 Å². The van der Waals surface area contributed by atoms with E-state index in [1.165, 1.54) is 18.7 Å². The summed E-state index contributed by atoms with van der Waals surface area (Å²) in [4.78, 5) is 32.8. The lowest BCUT2D eigenvalue weighted by Gasteiger charge is -2.17. The van der Waals surface area contributed by atoms with Crippen molar-refractivity contribution in [2.75, 3.05) is 0 Å². The van der Waals surface area contributed by atoms with E-state index in [1.807, 2.05) is 13.8 Å². The number of carboxylic acids is 1. The van der Waals surface area contributed by atoms with Crippen LogP contribution in [0, 0.1) is 0 Å². The molecule has 0 bridgehead atoms. The summed E-state index contributed by atoms with van der Waals surface area (Å²) in [5.74, 6) is -1.57. The van der Waals surface area contributed by atoms with Gasteiger partial charge >= 0.3 is 5.97 Å². The van der Waals surface area contributed by atoms with Gasteiger partial charge in [0.05, 0.1) is 6.42 Å². The summed E-state index contributed by atoms with van der Waals surface area (Å²) in [5, 5.41) is 10.5. The maximum absolute atomic E-state index is 11.3. The van der Waals surface area contributed by atoms with Crippen molar-refractivity contribution in [2.24, 2.45) is 0 Å². The molecule has 0 spiro atoms. The molecule has 0 radical (unpaired) electrons. The second-order valence-electron chi connectivity index (χ2n) is 3.64. The zero-order chi connectivity index (χ0) is 12.7. The lowest BCUT2D eigenvalue weighted by Crippen LogP contribution is -2.38. The van der Waals surface area contributed by atoms with Crippen molar-refractivity contribution in [1.29, 1.82) is 0 Å². The van der Waals surface area contributed by atoms with E-state index in [9.17, 15) is 14.4 Å². The highest BCUT2D eigenvalue weighted by Crippen LogP contribution is 2.16.